The second-order valence-corrected chi connectivity index (χ2v) is 5.94. The lowest BCUT2D eigenvalue weighted by Gasteiger charge is -2.34. The number of carboxylic acids is 1. The van der Waals surface area contributed by atoms with Crippen LogP contribution in [0.4, 0.5) is 0 Å². The van der Waals surface area contributed by atoms with Gasteiger partial charge in [-0.3, -0.25) is 9.59 Å². The van der Waals surface area contributed by atoms with Crippen LogP contribution < -0.4 is 0 Å². The van der Waals surface area contributed by atoms with E-state index in [0.29, 0.717) is 24.8 Å². The highest BCUT2D eigenvalue weighted by Gasteiger charge is 2.34. The lowest BCUT2D eigenvalue weighted by Crippen LogP contribution is -2.40. The molecule has 108 valence electrons. The van der Waals surface area contributed by atoms with E-state index in [1.807, 2.05) is 0 Å². The smallest absolute Gasteiger partial charge is 0.303 e. The van der Waals surface area contributed by atoms with Crippen LogP contribution in [0.25, 0.3) is 0 Å². The molecule has 2 fully saturated rings. The van der Waals surface area contributed by atoms with Crippen molar-refractivity contribution in [2.45, 2.75) is 70.3 Å². The van der Waals surface area contributed by atoms with Crippen LogP contribution in [0.2, 0.25) is 0 Å². The molecule has 1 saturated heterocycles. The monoisotopic (exact) mass is 267 g/mol. The summed E-state index contributed by atoms with van der Waals surface area (Å²) in [5.41, 5.74) is 0. The first-order valence-electron chi connectivity index (χ1n) is 7.70. The zero-order chi connectivity index (χ0) is 13.7. The number of hydrogen-bond acceptors (Lipinski definition) is 2. The molecular formula is C15H25NO3. The largest absolute Gasteiger partial charge is 0.481 e. The van der Waals surface area contributed by atoms with Gasteiger partial charge in [-0.2, -0.15) is 0 Å². The molecule has 1 saturated carbocycles. The third-order valence-electron chi connectivity index (χ3n) is 4.59. The first-order chi connectivity index (χ1) is 9.18. The third-order valence-corrected chi connectivity index (χ3v) is 4.59. The van der Waals surface area contributed by atoms with Gasteiger partial charge in [0.15, 0.2) is 0 Å². The molecule has 2 aliphatic rings. The topological polar surface area (TPSA) is 57.6 Å². The molecule has 0 bridgehead atoms. The van der Waals surface area contributed by atoms with E-state index in [2.05, 4.69) is 4.90 Å². The van der Waals surface area contributed by atoms with Crippen molar-refractivity contribution in [1.82, 2.24) is 4.90 Å². The molecule has 2 rings (SSSR count). The maximum atomic E-state index is 12.2. The summed E-state index contributed by atoms with van der Waals surface area (Å²) < 4.78 is 0. The third kappa shape index (κ3) is 3.95. The minimum atomic E-state index is -0.807. The predicted molar refractivity (Wildman–Crippen MR) is 72.8 cm³/mol. The zero-order valence-corrected chi connectivity index (χ0v) is 11.6. The van der Waals surface area contributed by atoms with Crippen molar-refractivity contribution in [2.75, 3.05) is 6.54 Å². The fraction of sp³-hybridized carbons (Fsp3) is 0.867. The molecular weight excluding hydrogens is 242 g/mol. The Labute approximate surface area is 115 Å². The molecule has 1 atom stereocenters. The molecule has 0 aromatic rings. The molecule has 1 heterocycles. The molecule has 1 unspecified atom stereocenters. The fourth-order valence-corrected chi connectivity index (χ4v) is 3.65. The minimum absolute atomic E-state index is 0.105. The Morgan fingerprint density at radius 1 is 1.00 bits per heavy atom. The first-order valence-corrected chi connectivity index (χ1v) is 7.70. The molecule has 1 aliphatic heterocycles. The van der Waals surface area contributed by atoms with Crippen LogP contribution in [0.1, 0.15) is 64.2 Å². The molecule has 0 radical (unpaired) electrons. The van der Waals surface area contributed by atoms with E-state index in [1.54, 1.807) is 0 Å². The Hall–Kier alpha value is -1.06. The van der Waals surface area contributed by atoms with Crippen LogP contribution in [-0.4, -0.2) is 34.5 Å². The summed E-state index contributed by atoms with van der Waals surface area (Å²) in [6.45, 7) is 0.882. The predicted octanol–water partition coefficient (Wildman–Crippen LogP) is 2.81. The van der Waals surface area contributed by atoms with E-state index in [0.717, 1.165) is 19.4 Å². The highest BCUT2D eigenvalue weighted by atomic mass is 16.4. The summed E-state index contributed by atoms with van der Waals surface area (Å²) in [5, 5.41) is 8.62. The van der Waals surface area contributed by atoms with Gasteiger partial charge in [0.1, 0.15) is 0 Å². The SMILES string of the molecule is O=C(O)CCCC(=O)N1CCCC1C1CCCCC1. The highest BCUT2D eigenvalue weighted by molar-refractivity contribution is 5.77. The summed E-state index contributed by atoms with van der Waals surface area (Å²) >= 11 is 0. The van der Waals surface area contributed by atoms with Gasteiger partial charge in [0.25, 0.3) is 0 Å². The van der Waals surface area contributed by atoms with E-state index >= 15 is 0 Å². The van der Waals surface area contributed by atoms with Crippen LogP contribution in [-0.2, 0) is 9.59 Å². The van der Waals surface area contributed by atoms with Gasteiger partial charge in [-0.05, 0) is 38.0 Å². The van der Waals surface area contributed by atoms with Crippen molar-refractivity contribution in [2.24, 2.45) is 5.92 Å². The minimum Gasteiger partial charge on any atom is -0.481 e. The number of hydrogen-bond donors (Lipinski definition) is 1. The first kappa shape index (κ1) is 14.4. The standard InChI is InChI=1S/C15H25NO3/c17-14(9-4-10-15(18)19)16-11-5-8-13(16)12-6-2-1-3-7-12/h12-13H,1-11H2,(H,18,19). The van der Waals surface area contributed by atoms with Crippen LogP contribution >= 0.6 is 0 Å². The van der Waals surface area contributed by atoms with Crippen LogP contribution in [0, 0.1) is 5.92 Å². The van der Waals surface area contributed by atoms with Crippen LogP contribution in [0.5, 0.6) is 0 Å². The quantitative estimate of drug-likeness (QED) is 0.833. The molecule has 1 N–H and O–H groups in total. The summed E-state index contributed by atoms with van der Waals surface area (Å²) in [6.07, 6.45) is 9.74. The van der Waals surface area contributed by atoms with Gasteiger partial charge in [-0.25, -0.2) is 0 Å². The van der Waals surface area contributed by atoms with Crippen molar-refractivity contribution in [1.29, 1.82) is 0 Å². The molecule has 1 amide bonds. The van der Waals surface area contributed by atoms with E-state index < -0.39 is 5.97 Å². The van der Waals surface area contributed by atoms with Gasteiger partial charge < -0.3 is 10.0 Å². The lowest BCUT2D eigenvalue weighted by molar-refractivity contribution is -0.137. The van der Waals surface area contributed by atoms with Crippen molar-refractivity contribution in [3.63, 3.8) is 0 Å². The average Bonchev–Trinajstić information content (AvgIpc) is 2.88. The fourth-order valence-electron chi connectivity index (χ4n) is 3.65. The van der Waals surface area contributed by atoms with E-state index in [-0.39, 0.29) is 12.3 Å². The van der Waals surface area contributed by atoms with Crippen molar-refractivity contribution in [3.05, 3.63) is 0 Å². The Morgan fingerprint density at radius 3 is 2.42 bits per heavy atom. The molecule has 1 aliphatic carbocycles. The number of rotatable bonds is 5. The van der Waals surface area contributed by atoms with Crippen molar-refractivity contribution >= 4 is 11.9 Å². The number of likely N-dealkylation sites (tertiary alicyclic amines) is 1. The van der Waals surface area contributed by atoms with Gasteiger partial charge in [0.05, 0.1) is 0 Å². The van der Waals surface area contributed by atoms with Gasteiger partial charge >= 0.3 is 5.97 Å². The van der Waals surface area contributed by atoms with E-state index in [4.69, 9.17) is 5.11 Å². The normalized spacial score (nSPS) is 24.6. The van der Waals surface area contributed by atoms with Crippen LogP contribution in [0.15, 0.2) is 0 Å². The summed E-state index contributed by atoms with van der Waals surface area (Å²) in [4.78, 5) is 24.8. The Kier molecular flexibility index (Phi) is 5.23. The van der Waals surface area contributed by atoms with Crippen LogP contribution in [0.3, 0.4) is 0 Å². The Balaban J connectivity index is 1.83. The summed E-state index contributed by atoms with van der Waals surface area (Å²) in [5.74, 6) is 0.0621. The summed E-state index contributed by atoms with van der Waals surface area (Å²) in [6, 6.07) is 0.442. The number of amides is 1. The molecule has 4 nitrogen and oxygen atoms in total. The number of carboxylic acid groups (broad SMARTS) is 1. The molecule has 19 heavy (non-hydrogen) atoms. The van der Waals surface area contributed by atoms with E-state index in [9.17, 15) is 9.59 Å². The lowest BCUT2D eigenvalue weighted by atomic mass is 9.83. The molecule has 0 spiro atoms. The maximum Gasteiger partial charge on any atom is 0.303 e. The maximum absolute atomic E-state index is 12.2. The highest BCUT2D eigenvalue weighted by Crippen LogP contribution is 2.34. The summed E-state index contributed by atoms with van der Waals surface area (Å²) in [7, 11) is 0. The van der Waals surface area contributed by atoms with Gasteiger partial charge in [-0.15, -0.1) is 0 Å². The number of carbonyl (C=O) groups excluding carboxylic acids is 1. The number of aliphatic carboxylic acids is 1. The van der Waals surface area contributed by atoms with Gasteiger partial charge in [0.2, 0.25) is 5.91 Å². The molecule has 0 aromatic carbocycles. The van der Waals surface area contributed by atoms with Gasteiger partial charge in [0, 0.05) is 25.4 Å². The second-order valence-electron chi connectivity index (χ2n) is 5.94. The molecule has 4 heteroatoms. The Bertz CT molecular complexity index is 323. The number of nitrogens with zero attached hydrogens (tertiary/aromatic N) is 1. The van der Waals surface area contributed by atoms with Gasteiger partial charge in [-0.1, -0.05) is 19.3 Å². The molecule has 0 aromatic heterocycles. The van der Waals surface area contributed by atoms with Crippen molar-refractivity contribution in [3.8, 4) is 0 Å². The van der Waals surface area contributed by atoms with E-state index in [1.165, 1.54) is 32.1 Å². The zero-order valence-electron chi connectivity index (χ0n) is 11.6. The second kappa shape index (κ2) is 6.92. The average molecular weight is 267 g/mol. The number of carbonyl (C=O) groups is 2. The Morgan fingerprint density at radius 2 is 1.74 bits per heavy atom. The van der Waals surface area contributed by atoms with Crippen molar-refractivity contribution < 1.29 is 14.7 Å².